The molecule has 1 aliphatic rings. The summed E-state index contributed by atoms with van der Waals surface area (Å²) in [4.78, 5) is 21.9. The van der Waals surface area contributed by atoms with Crippen LogP contribution in [-0.4, -0.2) is 22.2 Å². The van der Waals surface area contributed by atoms with E-state index >= 15 is 0 Å². The summed E-state index contributed by atoms with van der Waals surface area (Å²) in [6, 6.07) is 0. The molecule has 0 amide bonds. The van der Waals surface area contributed by atoms with E-state index in [4.69, 9.17) is 10.2 Å². The van der Waals surface area contributed by atoms with Gasteiger partial charge in [0.15, 0.2) is 0 Å². The molecular weight excluding hydrogens is 184 g/mol. The van der Waals surface area contributed by atoms with Crippen molar-refractivity contribution in [2.45, 2.75) is 33.1 Å². The fourth-order valence-electron chi connectivity index (χ4n) is 2.65. The quantitative estimate of drug-likeness (QED) is 0.722. The molecule has 1 aliphatic carbocycles. The van der Waals surface area contributed by atoms with Gasteiger partial charge in [-0.15, -0.1) is 0 Å². The Labute approximate surface area is 82.9 Å². The standard InChI is InChI=1S/C10H16O4/c1-3-7-6(8(11)12)5-10(7,4-2)9(13)14/h6-7H,3-5H2,1-2H3,(H,11,12)(H,13,14). The summed E-state index contributed by atoms with van der Waals surface area (Å²) in [6.45, 7) is 3.67. The van der Waals surface area contributed by atoms with Gasteiger partial charge in [0.05, 0.1) is 11.3 Å². The van der Waals surface area contributed by atoms with E-state index in [0.29, 0.717) is 12.8 Å². The third-order valence-electron chi connectivity index (χ3n) is 3.59. The molecule has 4 heteroatoms. The minimum atomic E-state index is -0.859. The Balaban J connectivity index is 2.85. The Hall–Kier alpha value is -1.06. The molecule has 1 saturated carbocycles. The number of aliphatic carboxylic acids is 2. The van der Waals surface area contributed by atoms with Crippen LogP contribution in [0.25, 0.3) is 0 Å². The molecule has 0 aliphatic heterocycles. The van der Waals surface area contributed by atoms with E-state index in [1.807, 2.05) is 13.8 Å². The van der Waals surface area contributed by atoms with E-state index in [9.17, 15) is 9.59 Å². The molecule has 3 atom stereocenters. The zero-order chi connectivity index (χ0) is 10.9. The van der Waals surface area contributed by atoms with Gasteiger partial charge in [0.2, 0.25) is 0 Å². The van der Waals surface area contributed by atoms with Crippen molar-refractivity contribution in [3.05, 3.63) is 0 Å². The smallest absolute Gasteiger partial charge is 0.309 e. The lowest BCUT2D eigenvalue weighted by Crippen LogP contribution is -2.55. The van der Waals surface area contributed by atoms with E-state index in [-0.39, 0.29) is 12.3 Å². The molecule has 0 aromatic rings. The maximum atomic E-state index is 11.1. The number of carboxylic acids is 2. The normalized spacial score (nSPS) is 36.1. The van der Waals surface area contributed by atoms with Gasteiger partial charge in [0, 0.05) is 0 Å². The summed E-state index contributed by atoms with van der Waals surface area (Å²) in [5, 5.41) is 17.9. The number of rotatable bonds is 4. The maximum Gasteiger partial charge on any atom is 0.309 e. The summed E-state index contributed by atoms with van der Waals surface area (Å²) in [6.07, 6.45) is 1.43. The topological polar surface area (TPSA) is 74.6 Å². The fourth-order valence-corrected chi connectivity index (χ4v) is 2.65. The molecule has 3 unspecified atom stereocenters. The zero-order valence-electron chi connectivity index (χ0n) is 8.49. The van der Waals surface area contributed by atoms with Gasteiger partial charge in [-0.3, -0.25) is 9.59 Å². The first kappa shape index (κ1) is 11.0. The van der Waals surface area contributed by atoms with Gasteiger partial charge in [-0.2, -0.15) is 0 Å². The summed E-state index contributed by atoms with van der Waals surface area (Å²) in [5.41, 5.74) is -0.780. The van der Waals surface area contributed by atoms with E-state index in [1.54, 1.807) is 0 Å². The monoisotopic (exact) mass is 200 g/mol. The summed E-state index contributed by atoms with van der Waals surface area (Å²) in [5.74, 6) is -2.37. The van der Waals surface area contributed by atoms with Gasteiger partial charge in [0.1, 0.15) is 0 Å². The fraction of sp³-hybridized carbons (Fsp3) is 0.800. The molecule has 0 radical (unpaired) electrons. The SMILES string of the molecule is CCC1C(C(=O)O)CC1(CC)C(=O)O. The van der Waals surface area contributed by atoms with Crippen LogP contribution in [0.4, 0.5) is 0 Å². The van der Waals surface area contributed by atoms with Crippen molar-refractivity contribution in [3.8, 4) is 0 Å². The Morgan fingerprint density at radius 1 is 1.36 bits per heavy atom. The Kier molecular flexibility index (Phi) is 2.83. The van der Waals surface area contributed by atoms with Crippen LogP contribution < -0.4 is 0 Å². The molecule has 0 spiro atoms. The summed E-state index contributed by atoms with van der Waals surface area (Å²) < 4.78 is 0. The van der Waals surface area contributed by atoms with Crippen molar-refractivity contribution in [2.24, 2.45) is 17.3 Å². The molecule has 1 rings (SSSR count). The highest BCUT2D eigenvalue weighted by atomic mass is 16.4. The molecule has 0 aromatic carbocycles. The molecular formula is C10H16O4. The van der Waals surface area contributed by atoms with Crippen LogP contribution in [-0.2, 0) is 9.59 Å². The van der Waals surface area contributed by atoms with E-state index < -0.39 is 23.3 Å². The number of carbonyl (C=O) groups is 2. The highest BCUT2D eigenvalue weighted by molar-refractivity contribution is 5.82. The molecule has 80 valence electrons. The highest BCUT2D eigenvalue weighted by Gasteiger charge is 2.59. The number of hydrogen-bond donors (Lipinski definition) is 2. The van der Waals surface area contributed by atoms with Crippen molar-refractivity contribution in [1.82, 2.24) is 0 Å². The molecule has 0 heterocycles. The Bertz CT molecular complexity index is 261. The molecule has 2 N–H and O–H groups in total. The van der Waals surface area contributed by atoms with Crippen LogP contribution in [0, 0.1) is 17.3 Å². The average Bonchev–Trinajstić information content (AvgIpc) is 2.03. The average molecular weight is 200 g/mol. The minimum Gasteiger partial charge on any atom is -0.481 e. The van der Waals surface area contributed by atoms with Crippen molar-refractivity contribution < 1.29 is 19.8 Å². The van der Waals surface area contributed by atoms with Crippen LogP contribution >= 0.6 is 0 Å². The molecule has 4 nitrogen and oxygen atoms in total. The van der Waals surface area contributed by atoms with Gasteiger partial charge in [0.25, 0.3) is 0 Å². The Morgan fingerprint density at radius 2 is 1.93 bits per heavy atom. The van der Waals surface area contributed by atoms with Crippen LogP contribution in [0.2, 0.25) is 0 Å². The van der Waals surface area contributed by atoms with Crippen LogP contribution in [0.5, 0.6) is 0 Å². The lowest BCUT2D eigenvalue weighted by atomic mass is 9.51. The second kappa shape index (κ2) is 3.59. The van der Waals surface area contributed by atoms with Crippen molar-refractivity contribution in [3.63, 3.8) is 0 Å². The predicted octanol–water partition coefficient (Wildman–Crippen LogP) is 1.60. The number of carboxylic acid groups (broad SMARTS) is 2. The first-order valence-corrected chi connectivity index (χ1v) is 4.95. The summed E-state index contributed by atoms with van der Waals surface area (Å²) in [7, 11) is 0. The van der Waals surface area contributed by atoms with Crippen molar-refractivity contribution in [2.75, 3.05) is 0 Å². The molecule has 0 saturated heterocycles. The van der Waals surface area contributed by atoms with Gasteiger partial charge in [-0.05, 0) is 18.8 Å². The van der Waals surface area contributed by atoms with Crippen LogP contribution in [0.3, 0.4) is 0 Å². The second-order valence-corrected chi connectivity index (χ2v) is 3.98. The van der Waals surface area contributed by atoms with E-state index in [0.717, 1.165) is 0 Å². The van der Waals surface area contributed by atoms with E-state index in [2.05, 4.69) is 0 Å². The van der Waals surface area contributed by atoms with Crippen molar-refractivity contribution >= 4 is 11.9 Å². The van der Waals surface area contributed by atoms with E-state index in [1.165, 1.54) is 0 Å². The third-order valence-corrected chi connectivity index (χ3v) is 3.59. The molecule has 1 fully saturated rings. The van der Waals surface area contributed by atoms with Gasteiger partial charge < -0.3 is 10.2 Å². The molecule has 0 bridgehead atoms. The van der Waals surface area contributed by atoms with Gasteiger partial charge >= 0.3 is 11.9 Å². The van der Waals surface area contributed by atoms with Crippen molar-refractivity contribution in [1.29, 1.82) is 0 Å². The maximum absolute atomic E-state index is 11.1. The lowest BCUT2D eigenvalue weighted by molar-refractivity contribution is -0.179. The number of hydrogen-bond acceptors (Lipinski definition) is 2. The highest BCUT2D eigenvalue weighted by Crippen LogP contribution is 2.55. The van der Waals surface area contributed by atoms with Gasteiger partial charge in [-0.1, -0.05) is 20.3 Å². The van der Waals surface area contributed by atoms with Crippen LogP contribution in [0.1, 0.15) is 33.1 Å². The van der Waals surface area contributed by atoms with Gasteiger partial charge in [-0.25, -0.2) is 0 Å². The minimum absolute atomic E-state index is 0.206. The largest absolute Gasteiger partial charge is 0.481 e. The molecule has 0 aromatic heterocycles. The predicted molar refractivity (Wildman–Crippen MR) is 49.9 cm³/mol. The summed E-state index contributed by atoms with van der Waals surface area (Å²) >= 11 is 0. The molecule has 14 heavy (non-hydrogen) atoms. The van der Waals surface area contributed by atoms with Crippen LogP contribution in [0.15, 0.2) is 0 Å². The zero-order valence-corrected chi connectivity index (χ0v) is 8.49. The Morgan fingerprint density at radius 3 is 2.21 bits per heavy atom. The second-order valence-electron chi connectivity index (χ2n) is 3.98. The first-order chi connectivity index (χ1) is 6.49. The first-order valence-electron chi connectivity index (χ1n) is 4.95. The third kappa shape index (κ3) is 1.29. The lowest BCUT2D eigenvalue weighted by Gasteiger charge is -2.50.